The molecule has 2 aliphatic heterocycles. The Balaban J connectivity index is 1.25. The van der Waals surface area contributed by atoms with Crippen molar-refractivity contribution in [3.8, 4) is 0 Å². The summed E-state index contributed by atoms with van der Waals surface area (Å²) in [4.78, 5) is 28.3. The number of hydrogen-bond acceptors (Lipinski definition) is 3. The molecule has 2 heterocycles. The third-order valence-electron chi connectivity index (χ3n) is 5.52. The second kappa shape index (κ2) is 6.82. The van der Waals surface area contributed by atoms with Crippen molar-refractivity contribution in [1.82, 2.24) is 15.1 Å². The van der Waals surface area contributed by atoms with Gasteiger partial charge in [0.25, 0.3) is 0 Å². The summed E-state index contributed by atoms with van der Waals surface area (Å²) in [7, 11) is 0. The van der Waals surface area contributed by atoms with Crippen LogP contribution in [0.4, 0.5) is 13.2 Å². The van der Waals surface area contributed by atoms with Gasteiger partial charge >= 0.3 is 6.18 Å². The number of carbonyl (C=O) groups is 2. The van der Waals surface area contributed by atoms with Gasteiger partial charge in [0.1, 0.15) is 0 Å². The molecule has 1 aromatic rings. The minimum Gasteiger partial charge on any atom is -0.353 e. The molecule has 146 valence electrons. The highest BCUT2D eigenvalue weighted by Gasteiger charge is 2.42. The second-order valence-corrected chi connectivity index (χ2v) is 7.77. The molecule has 3 fully saturated rings. The third kappa shape index (κ3) is 4.10. The number of halogens is 3. The van der Waals surface area contributed by atoms with Crippen LogP contribution in [0.15, 0.2) is 24.3 Å². The summed E-state index contributed by atoms with van der Waals surface area (Å²) in [6, 6.07) is 5.57. The van der Waals surface area contributed by atoms with Gasteiger partial charge in [0.2, 0.25) is 11.8 Å². The largest absolute Gasteiger partial charge is 0.416 e. The van der Waals surface area contributed by atoms with Crippen LogP contribution in [0.1, 0.15) is 30.4 Å². The molecule has 5 nitrogen and oxygen atoms in total. The summed E-state index contributed by atoms with van der Waals surface area (Å²) < 4.78 is 37.8. The Labute approximate surface area is 155 Å². The molecule has 0 radical (unpaired) electrons. The molecule has 1 aromatic carbocycles. The van der Waals surface area contributed by atoms with Crippen molar-refractivity contribution in [3.05, 3.63) is 35.4 Å². The maximum Gasteiger partial charge on any atom is 0.416 e. The van der Waals surface area contributed by atoms with E-state index in [0.717, 1.165) is 30.5 Å². The Morgan fingerprint density at radius 1 is 1.11 bits per heavy atom. The summed E-state index contributed by atoms with van der Waals surface area (Å²) in [6.45, 7) is 2.39. The minimum absolute atomic E-state index is 0.0186. The second-order valence-electron chi connectivity index (χ2n) is 7.77. The van der Waals surface area contributed by atoms with Gasteiger partial charge in [0.05, 0.1) is 17.5 Å². The Morgan fingerprint density at radius 3 is 2.37 bits per heavy atom. The lowest BCUT2D eigenvalue weighted by atomic mass is 10.0. The molecule has 27 heavy (non-hydrogen) atoms. The summed E-state index contributed by atoms with van der Waals surface area (Å²) in [6.07, 6.45) is -2.00. The van der Waals surface area contributed by atoms with E-state index >= 15 is 0 Å². The fourth-order valence-corrected chi connectivity index (χ4v) is 3.73. The van der Waals surface area contributed by atoms with E-state index in [9.17, 15) is 22.8 Å². The molecule has 1 unspecified atom stereocenters. The Kier molecular flexibility index (Phi) is 4.61. The van der Waals surface area contributed by atoms with E-state index < -0.39 is 11.7 Å². The lowest BCUT2D eigenvalue weighted by Crippen LogP contribution is -2.59. The van der Waals surface area contributed by atoms with Crippen molar-refractivity contribution in [2.75, 3.05) is 19.6 Å². The Bertz CT molecular complexity index is 725. The maximum absolute atomic E-state index is 12.6. The summed E-state index contributed by atoms with van der Waals surface area (Å²) in [5, 5.41) is 2.96. The Morgan fingerprint density at radius 2 is 1.78 bits per heavy atom. The quantitative estimate of drug-likeness (QED) is 0.849. The van der Waals surface area contributed by atoms with E-state index in [1.807, 2.05) is 0 Å². The average Bonchev–Trinajstić information content (AvgIpc) is 3.30. The maximum atomic E-state index is 12.6. The normalized spacial score (nSPS) is 24.2. The zero-order chi connectivity index (χ0) is 19.2. The molecule has 2 amide bonds. The predicted molar refractivity (Wildman–Crippen MR) is 91.5 cm³/mol. The standard InChI is InChI=1S/C19H22F3N3O2/c20-19(21,22)14-3-1-12(2-4-14)8-24-10-16(11-24)25-9-13(7-17(25)26)18(27)23-15-5-6-15/h1-4,13,15-16H,5-11H2,(H,23,27). The van der Waals surface area contributed by atoms with Gasteiger partial charge in [-0.1, -0.05) is 12.1 Å². The highest BCUT2D eigenvalue weighted by Crippen LogP contribution is 2.30. The molecule has 1 atom stereocenters. The number of rotatable bonds is 5. The molecule has 0 aromatic heterocycles. The molecular weight excluding hydrogens is 359 g/mol. The van der Waals surface area contributed by atoms with Crippen LogP contribution in [0.3, 0.4) is 0 Å². The van der Waals surface area contributed by atoms with Gasteiger partial charge in [-0.05, 0) is 30.5 Å². The van der Waals surface area contributed by atoms with Crippen LogP contribution in [0.2, 0.25) is 0 Å². The van der Waals surface area contributed by atoms with Crippen LogP contribution in [-0.4, -0.2) is 53.3 Å². The fourth-order valence-electron chi connectivity index (χ4n) is 3.73. The first-order valence-corrected chi connectivity index (χ1v) is 9.28. The summed E-state index contributed by atoms with van der Waals surface area (Å²) in [5.74, 6) is -0.263. The van der Waals surface area contributed by atoms with E-state index in [-0.39, 0.29) is 30.2 Å². The number of amides is 2. The number of likely N-dealkylation sites (tertiary alicyclic amines) is 2. The first kappa shape index (κ1) is 18.3. The van der Waals surface area contributed by atoms with Crippen molar-refractivity contribution in [2.24, 2.45) is 5.92 Å². The lowest BCUT2D eigenvalue weighted by molar-refractivity contribution is -0.137. The molecule has 4 rings (SSSR count). The predicted octanol–water partition coefficient (Wildman–Crippen LogP) is 2.02. The number of benzene rings is 1. The minimum atomic E-state index is -4.32. The van der Waals surface area contributed by atoms with Crippen LogP contribution in [0, 0.1) is 5.92 Å². The molecule has 3 aliphatic rings. The van der Waals surface area contributed by atoms with E-state index in [4.69, 9.17) is 0 Å². The van der Waals surface area contributed by atoms with E-state index in [2.05, 4.69) is 10.2 Å². The van der Waals surface area contributed by atoms with Gasteiger partial charge in [0, 0.05) is 38.6 Å². The van der Waals surface area contributed by atoms with E-state index in [1.54, 1.807) is 4.90 Å². The van der Waals surface area contributed by atoms with Crippen LogP contribution >= 0.6 is 0 Å². The van der Waals surface area contributed by atoms with Gasteiger partial charge in [-0.25, -0.2) is 0 Å². The van der Waals surface area contributed by atoms with E-state index in [1.165, 1.54) is 12.1 Å². The van der Waals surface area contributed by atoms with Crippen molar-refractivity contribution in [2.45, 2.75) is 44.1 Å². The van der Waals surface area contributed by atoms with Crippen LogP contribution < -0.4 is 5.32 Å². The average molecular weight is 381 g/mol. The highest BCUT2D eigenvalue weighted by molar-refractivity contribution is 5.89. The molecule has 1 N–H and O–H groups in total. The first-order valence-electron chi connectivity index (χ1n) is 9.28. The van der Waals surface area contributed by atoms with Crippen LogP contribution in [-0.2, 0) is 22.3 Å². The highest BCUT2D eigenvalue weighted by atomic mass is 19.4. The zero-order valence-electron chi connectivity index (χ0n) is 14.8. The number of hydrogen-bond donors (Lipinski definition) is 1. The molecular formula is C19H22F3N3O2. The van der Waals surface area contributed by atoms with Crippen LogP contribution in [0.25, 0.3) is 0 Å². The fraction of sp³-hybridized carbons (Fsp3) is 0.579. The topological polar surface area (TPSA) is 52.7 Å². The monoisotopic (exact) mass is 381 g/mol. The molecule has 0 spiro atoms. The first-order chi connectivity index (χ1) is 12.8. The van der Waals surface area contributed by atoms with Crippen molar-refractivity contribution in [1.29, 1.82) is 0 Å². The molecule has 0 bridgehead atoms. The lowest BCUT2D eigenvalue weighted by Gasteiger charge is -2.44. The van der Waals surface area contributed by atoms with Gasteiger partial charge in [-0.3, -0.25) is 14.5 Å². The van der Waals surface area contributed by atoms with Gasteiger partial charge in [-0.2, -0.15) is 13.2 Å². The van der Waals surface area contributed by atoms with Crippen molar-refractivity contribution in [3.63, 3.8) is 0 Å². The van der Waals surface area contributed by atoms with E-state index in [0.29, 0.717) is 32.2 Å². The zero-order valence-corrected chi connectivity index (χ0v) is 14.8. The van der Waals surface area contributed by atoms with Crippen LogP contribution in [0.5, 0.6) is 0 Å². The van der Waals surface area contributed by atoms with Gasteiger partial charge < -0.3 is 10.2 Å². The third-order valence-corrected chi connectivity index (χ3v) is 5.52. The number of alkyl halides is 3. The molecule has 8 heteroatoms. The molecule has 1 aliphatic carbocycles. The SMILES string of the molecule is O=C(NC1CC1)C1CC(=O)N(C2CN(Cc3ccc(C(F)(F)F)cc3)C2)C1. The molecule has 1 saturated carbocycles. The summed E-state index contributed by atoms with van der Waals surface area (Å²) in [5.41, 5.74) is 0.168. The number of nitrogens with one attached hydrogen (secondary N) is 1. The number of nitrogens with zero attached hydrogens (tertiary/aromatic N) is 2. The van der Waals surface area contributed by atoms with Crippen molar-refractivity contribution >= 4 is 11.8 Å². The van der Waals surface area contributed by atoms with Gasteiger partial charge in [-0.15, -0.1) is 0 Å². The Hall–Kier alpha value is -2.09. The smallest absolute Gasteiger partial charge is 0.353 e. The van der Waals surface area contributed by atoms with Crippen molar-refractivity contribution < 1.29 is 22.8 Å². The molecule has 2 saturated heterocycles. The number of carbonyl (C=O) groups excluding carboxylic acids is 2. The summed E-state index contributed by atoms with van der Waals surface area (Å²) >= 11 is 0. The van der Waals surface area contributed by atoms with Gasteiger partial charge in [0.15, 0.2) is 0 Å².